The average Bonchev–Trinajstić information content (AvgIpc) is 3.44. The van der Waals surface area contributed by atoms with Crippen molar-refractivity contribution in [1.82, 2.24) is 10.3 Å². The molecule has 0 fully saturated rings. The van der Waals surface area contributed by atoms with Crippen LogP contribution in [0.15, 0.2) is 89.8 Å². The third-order valence-corrected chi connectivity index (χ3v) is 5.60. The highest BCUT2D eigenvalue weighted by Gasteiger charge is 2.25. The molecule has 0 aliphatic rings. The molecule has 9 heteroatoms. The van der Waals surface area contributed by atoms with Gasteiger partial charge in [0.05, 0.1) is 24.4 Å². The molecule has 3 aromatic carbocycles. The fourth-order valence-corrected chi connectivity index (χ4v) is 3.84. The van der Waals surface area contributed by atoms with Crippen molar-refractivity contribution >= 4 is 23.5 Å². The zero-order valence-electron chi connectivity index (χ0n) is 21.2. The van der Waals surface area contributed by atoms with E-state index in [9.17, 15) is 14.4 Å². The van der Waals surface area contributed by atoms with Gasteiger partial charge in [0.25, 0.3) is 0 Å². The van der Waals surface area contributed by atoms with Gasteiger partial charge < -0.3 is 24.5 Å². The molecule has 0 aliphatic carbocycles. The van der Waals surface area contributed by atoms with E-state index in [1.807, 2.05) is 19.9 Å². The van der Waals surface area contributed by atoms with E-state index in [-0.39, 0.29) is 0 Å². The number of hydrogen-bond donors (Lipinski definition) is 2. The topological polar surface area (TPSA) is 120 Å². The number of aromatic nitrogens is 1. The zero-order valence-corrected chi connectivity index (χ0v) is 21.2. The van der Waals surface area contributed by atoms with Gasteiger partial charge in [0.1, 0.15) is 11.5 Å². The van der Waals surface area contributed by atoms with Gasteiger partial charge in [0.2, 0.25) is 0 Å². The van der Waals surface area contributed by atoms with Crippen LogP contribution in [0.5, 0.6) is 11.5 Å². The Morgan fingerprint density at radius 3 is 2.34 bits per heavy atom. The molecular formula is C29H27N3O6. The van der Waals surface area contributed by atoms with E-state index in [0.717, 1.165) is 5.56 Å². The first-order valence-corrected chi connectivity index (χ1v) is 11.8. The number of carbonyl (C=O) groups excluding carboxylic acids is 3. The lowest BCUT2D eigenvalue weighted by Crippen LogP contribution is -2.49. The van der Waals surface area contributed by atoms with Crippen LogP contribution in [0.2, 0.25) is 0 Å². The molecule has 0 saturated heterocycles. The molecule has 0 unspecified atom stereocenters. The van der Waals surface area contributed by atoms with Gasteiger partial charge in [-0.3, -0.25) is 9.59 Å². The van der Waals surface area contributed by atoms with Crippen LogP contribution in [0, 0.1) is 0 Å². The number of anilines is 1. The van der Waals surface area contributed by atoms with Crippen molar-refractivity contribution in [3.8, 4) is 22.8 Å². The highest BCUT2D eigenvalue weighted by molar-refractivity contribution is 6.39. The smallest absolute Gasteiger partial charge is 0.343 e. The number of benzene rings is 3. The van der Waals surface area contributed by atoms with E-state index in [1.165, 1.54) is 13.5 Å². The molecule has 0 spiro atoms. The number of rotatable bonds is 8. The molecular weight excluding hydrogens is 486 g/mol. The number of methoxy groups -OCH3 is 1. The molecule has 2 amide bonds. The third kappa shape index (κ3) is 6.64. The maximum atomic E-state index is 12.6. The van der Waals surface area contributed by atoms with Gasteiger partial charge in [0, 0.05) is 17.3 Å². The van der Waals surface area contributed by atoms with Crippen LogP contribution in [0.4, 0.5) is 5.69 Å². The molecule has 4 rings (SSSR count). The molecule has 38 heavy (non-hydrogen) atoms. The van der Waals surface area contributed by atoms with Crippen LogP contribution < -0.4 is 20.1 Å². The number of para-hydroxylation sites is 1. The number of ether oxygens (including phenoxy) is 2. The van der Waals surface area contributed by atoms with E-state index < -0.39 is 23.3 Å². The molecule has 0 atom stereocenters. The summed E-state index contributed by atoms with van der Waals surface area (Å²) in [5, 5.41) is 5.35. The predicted molar refractivity (Wildman–Crippen MR) is 141 cm³/mol. The fraction of sp³-hybridized carbons (Fsp3) is 0.172. The minimum absolute atomic E-state index is 0.390. The lowest BCUT2D eigenvalue weighted by atomic mass is 9.94. The highest BCUT2D eigenvalue weighted by Crippen LogP contribution is 2.32. The molecule has 0 radical (unpaired) electrons. The van der Waals surface area contributed by atoms with Crippen molar-refractivity contribution in [2.24, 2.45) is 0 Å². The van der Waals surface area contributed by atoms with E-state index in [1.54, 1.807) is 72.9 Å². The summed E-state index contributed by atoms with van der Waals surface area (Å²) in [6.45, 7) is 3.62. The minimum atomic E-state index is -0.813. The second kappa shape index (κ2) is 11.4. The van der Waals surface area contributed by atoms with Crippen LogP contribution >= 0.6 is 0 Å². The predicted octanol–water partition coefficient (Wildman–Crippen LogP) is 4.65. The van der Waals surface area contributed by atoms with Crippen LogP contribution in [0.1, 0.15) is 29.8 Å². The molecule has 0 bridgehead atoms. The number of hydrogen-bond acceptors (Lipinski definition) is 7. The van der Waals surface area contributed by atoms with E-state index in [2.05, 4.69) is 15.6 Å². The summed E-state index contributed by atoms with van der Waals surface area (Å²) in [5.74, 6) is -0.620. The Kier molecular flexibility index (Phi) is 7.86. The quantitative estimate of drug-likeness (QED) is 0.200. The Morgan fingerprint density at radius 1 is 0.947 bits per heavy atom. The Balaban J connectivity index is 1.33. The van der Waals surface area contributed by atoms with Gasteiger partial charge in [-0.2, -0.15) is 0 Å². The molecule has 4 aromatic rings. The van der Waals surface area contributed by atoms with Gasteiger partial charge >= 0.3 is 17.8 Å². The van der Waals surface area contributed by atoms with Gasteiger partial charge in [-0.15, -0.1) is 0 Å². The van der Waals surface area contributed by atoms with E-state index in [4.69, 9.17) is 13.9 Å². The van der Waals surface area contributed by atoms with E-state index >= 15 is 0 Å². The van der Waals surface area contributed by atoms with Crippen molar-refractivity contribution in [1.29, 1.82) is 0 Å². The highest BCUT2D eigenvalue weighted by atomic mass is 16.5. The van der Waals surface area contributed by atoms with Crippen molar-refractivity contribution in [3.05, 3.63) is 96.5 Å². The molecule has 194 valence electrons. The summed E-state index contributed by atoms with van der Waals surface area (Å²) in [7, 11) is 1.49. The molecule has 9 nitrogen and oxygen atoms in total. The molecule has 0 saturated carbocycles. The van der Waals surface area contributed by atoms with Crippen molar-refractivity contribution in [2.75, 3.05) is 12.4 Å². The van der Waals surface area contributed by atoms with Gasteiger partial charge in [0.15, 0.2) is 12.2 Å². The van der Waals surface area contributed by atoms with Gasteiger partial charge in [-0.1, -0.05) is 30.3 Å². The summed E-state index contributed by atoms with van der Waals surface area (Å²) < 4.78 is 16.0. The van der Waals surface area contributed by atoms with Crippen LogP contribution in [-0.2, 0) is 16.0 Å². The van der Waals surface area contributed by atoms with Crippen molar-refractivity contribution in [3.63, 3.8) is 0 Å². The summed E-state index contributed by atoms with van der Waals surface area (Å²) in [5.41, 5.74) is 1.59. The first-order chi connectivity index (χ1) is 18.2. The second-order valence-corrected chi connectivity index (χ2v) is 9.15. The Bertz CT molecular complexity index is 1410. The first-order valence-electron chi connectivity index (χ1n) is 11.8. The number of esters is 1. The summed E-state index contributed by atoms with van der Waals surface area (Å²) in [6, 6.07) is 20.7. The monoisotopic (exact) mass is 513 g/mol. The largest absolute Gasteiger partial charge is 0.496 e. The standard InChI is InChI=1S/C29H27N3O6/c1-29(2,16-19-9-11-20(12-10-19)28(35)38-22-7-5-4-6-8-22)32-27(34)26(33)31-21-13-14-23(24(15-21)36-3)25-17-30-18-37-25/h4-15,17-18H,16H2,1-3H3,(H,31,33)(H,32,34). The fourth-order valence-electron chi connectivity index (χ4n) is 3.84. The lowest BCUT2D eigenvalue weighted by Gasteiger charge is -2.26. The Hall–Kier alpha value is -4.92. The average molecular weight is 514 g/mol. The maximum absolute atomic E-state index is 12.6. The Labute approximate surface area is 219 Å². The number of oxazole rings is 1. The lowest BCUT2D eigenvalue weighted by molar-refractivity contribution is -0.137. The van der Waals surface area contributed by atoms with Crippen LogP contribution in [-0.4, -0.2) is 35.4 Å². The minimum Gasteiger partial charge on any atom is -0.496 e. The number of nitrogens with zero attached hydrogens (tertiary/aromatic N) is 1. The van der Waals surface area contributed by atoms with Crippen LogP contribution in [0.25, 0.3) is 11.3 Å². The second-order valence-electron chi connectivity index (χ2n) is 9.15. The molecule has 2 N–H and O–H groups in total. The van der Waals surface area contributed by atoms with E-state index in [0.29, 0.717) is 40.5 Å². The normalized spacial score (nSPS) is 10.9. The van der Waals surface area contributed by atoms with Gasteiger partial charge in [-0.25, -0.2) is 9.78 Å². The van der Waals surface area contributed by atoms with Gasteiger partial charge in [-0.05, 0) is 62.2 Å². The van der Waals surface area contributed by atoms with Crippen LogP contribution in [0.3, 0.4) is 0 Å². The molecule has 1 aromatic heterocycles. The number of carbonyl (C=O) groups is 3. The van der Waals surface area contributed by atoms with Crippen molar-refractivity contribution in [2.45, 2.75) is 25.8 Å². The molecule has 1 heterocycles. The summed E-state index contributed by atoms with van der Waals surface area (Å²) in [6.07, 6.45) is 3.29. The maximum Gasteiger partial charge on any atom is 0.343 e. The zero-order chi connectivity index (χ0) is 27.1. The number of amides is 2. The first kappa shape index (κ1) is 26.2. The van der Waals surface area contributed by atoms with Crippen molar-refractivity contribution < 1.29 is 28.3 Å². The number of nitrogens with one attached hydrogen (secondary N) is 2. The summed E-state index contributed by atoms with van der Waals surface area (Å²) in [4.78, 5) is 41.5. The summed E-state index contributed by atoms with van der Waals surface area (Å²) >= 11 is 0. The Morgan fingerprint density at radius 2 is 1.68 bits per heavy atom. The molecule has 0 aliphatic heterocycles. The third-order valence-electron chi connectivity index (χ3n) is 5.60. The SMILES string of the molecule is COc1cc(NC(=O)C(=O)NC(C)(C)Cc2ccc(C(=O)Oc3ccccc3)cc2)ccc1-c1cnco1.